The van der Waals surface area contributed by atoms with E-state index in [1.807, 2.05) is 6.20 Å². The maximum absolute atomic E-state index is 4.03. The molecule has 2 heterocycles. The number of H-pyrrole nitrogens is 1. The van der Waals surface area contributed by atoms with Crippen molar-refractivity contribution in [1.29, 1.82) is 0 Å². The van der Waals surface area contributed by atoms with Gasteiger partial charge in [0.15, 0.2) is 5.82 Å². The molecule has 0 spiro atoms. The molecule has 1 aliphatic heterocycles. The zero-order valence-electron chi connectivity index (χ0n) is 7.87. The predicted molar refractivity (Wildman–Crippen MR) is 51.7 cm³/mol. The van der Waals surface area contributed by atoms with Crippen LogP contribution in [0.1, 0.15) is 32.1 Å². The summed E-state index contributed by atoms with van der Waals surface area (Å²) in [6, 6.07) is 0. The average molecular weight is 180 g/mol. The topological polar surface area (TPSA) is 44.8 Å². The van der Waals surface area contributed by atoms with E-state index in [9.17, 15) is 0 Å². The molecule has 4 heteroatoms. The van der Waals surface area contributed by atoms with Gasteiger partial charge in [-0.1, -0.05) is 24.5 Å². The molecule has 2 rings (SSSR count). The van der Waals surface area contributed by atoms with Gasteiger partial charge < -0.3 is 4.90 Å². The van der Waals surface area contributed by atoms with Gasteiger partial charge in [-0.2, -0.15) is 0 Å². The van der Waals surface area contributed by atoms with Gasteiger partial charge in [0.05, 0.1) is 6.20 Å². The van der Waals surface area contributed by atoms with Gasteiger partial charge in [-0.25, -0.2) is 0 Å². The van der Waals surface area contributed by atoms with Crippen LogP contribution < -0.4 is 4.90 Å². The third-order valence-corrected chi connectivity index (χ3v) is 2.58. The van der Waals surface area contributed by atoms with E-state index < -0.39 is 0 Å². The van der Waals surface area contributed by atoms with Crippen LogP contribution in [0.15, 0.2) is 6.20 Å². The van der Waals surface area contributed by atoms with Crippen molar-refractivity contribution in [1.82, 2.24) is 15.4 Å². The highest BCUT2D eigenvalue weighted by atomic mass is 15.4. The zero-order valence-corrected chi connectivity index (χ0v) is 7.87. The van der Waals surface area contributed by atoms with E-state index in [1.165, 1.54) is 32.1 Å². The molecular weight excluding hydrogens is 164 g/mol. The van der Waals surface area contributed by atoms with Crippen LogP contribution in [0, 0.1) is 0 Å². The Hall–Kier alpha value is -1.06. The lowest BCUT2D eigenvalue weighted by Gasteiger charge is -2.23. The lowest BCUT2D eigenvalue weighted by molar-refractivity contribution is 0.553. The molecule has 0 atom stereocenters. The van der Waals surface area contributed by atoms with Gasteiger partial charge in [0, 0.05) is 13.1 Å². The van der Waals surface area contributed by atoms with E-state index in [2.05, 4.69) is 20.3 Å². The van der Waals surface area contributed by atoms with Crippen LogP contribution >= 0.6 is 0 Å². The number of nitrogens with one attached hydrogen (secondary N) is 1. The van der Waals surface area contributed by atoms with Crippen LogP contribution in [-0.4, -0.2) is 28.5 Å². The van der Waals surface area contributed by atoms with Crippen LogP contribution in [0.2, 0.25) is 0 Å². The second kappa shape index (κ2) is 4.25. The van der Waals surface area contributed by atoms with Gasteiger partial charge in [-0.15, -0.1) is 5.10 Å². The molecule has 0 unspecified atom stereocenters. The lowest BCUT2D eigenvalue weighted by atomic mass is 10.1. The van der Waals surface area contributed by atoms with Gasteiger partial charge in [0.1, 0.15) is 0 Å². The first-order chi connectivity index (χ1) is 6.47. The molecule has 1 aromatic heterocycles. The standard InChI is InChI=1S/C9H16N4/c1-2-4-6-13(7-5-3-1)9-8-10-12-11-9/h8H,1-7H2,(H,10,11,12). The molecule has 0 radical (unpaired) electrons. The SMILES string of the molecule is c1[nH]nnc1N1CCCCCCC1. The Labute approximate surface area is 78.3 Å². The Morgan fingerprint density at radius 3 is 2.38 bits per heavy atom. The average Bonchev–Trinajstić information content (AvgIpc) is 2.55. The minimum Gasteiger partial charge on any atom is -0.354 e. The van der Waals surface area contributed by atoms with E-state index in [0.29, 0.717) is 0 Å². The van der Waals surface area contributed by atoms with Crippen LogP contribution in [0.4, 0.5) is 5.82 Å². The summed E-state index contributed by atoms with van der Waals surface area (Å²) >= 11 is 0. The first-order valence-corrected chi connectivity index (χ1v) is 5.08. The highest BCUT2D eigenvalue weighted by molar-refractivity contribution is 5.33. The molecule has 0 amide bonds. The normalized spacial score (nSPS) is 19.5. The smallest absolute Gasteiger partial charge is 0.170 e. The molecule has 1 saturated heterocycles. The van der Waals surface area contributed by atoms with Crippen LogP contribution in [0.25, 0.3) is 0 Å². The predicted octanol–water partition coefficient (Wildman–Crippen LogP) is 1.58. The molecule has 0 aliphatic carbocycles. The fourth-order valence-electron chi connectivity index (χ4n) is 1.83. The largest absolute Gasteiger partial charge is 0.354 e. The fourth-order valence-corrected chi connectivity index (χ4v) is 1.83. The van der Waals surface area contributed by atoms with Crippen molar-refractivity contribution >= 4 is 5.82 Å². The number of hydrogen-bond acceptors (Lipinski definition) is 3. The summed E-state index contributed by atoms with van der Waals surface area (Å²) in [7, 11) is 0. The van der Waals surface area contributed by atoms with Crippen molar-refractivity contribution in [2.24, 2.45) is 0 Å². The molecule has 1 aromatic rings. The first-order valence-electron chi connectivity index (χ1n) is 5.08. The molecule has 0 bridgehead atoms. The van der Waals surface area contributed by atoms with Crippen LogP contribution in [0.5, 0.6) is 0 Å². The van der Waals surface area contributed by atoms with E-state index in [-0.39, 0.29) is 0 Å². The third-order valence-electron chi connectivity index (χ3n) is 2.58. The summed E-state index contributed by atoms with van der Waals surface area (Å²) in [4.78, 5) is 2.32. The monoisotopic (exact) mass is 180 g/mol. The molecule has 4 nitrogen and oxygen atoms in total. The second-order valence-corrected chi connectivity index (χ2v) is 3.59. The first kappa shape index (κ1) is 8.53. The van der Waals surface area contributed by atoms with Gasteiger partial charge in [-0.3, -0.25) is 5.10 Å². The van der Waals surface area contributed by atoms with Crippen molar-refractivity contribution in [2.45, 2.75) is 32.1 Å². The molecule has 1 N–H and O–H groups in total. The molecule has 1 aliphatic rings. The number of hydrogen-bond donors (Lipinski definition) is 1. The van der Waals surface area contributed by atoms with E-state index in [1.54, 1.807) is 0 Å². The molecule has 0 aromatic carbocycles. The Morgan fingerprint density at radius 2 is 1.77 bits per heavy atom. The maximum Gasteiger partial charge on any atom is 0.170 e. The highest BCUT2D eigenvalue weighted by Gasteiger charge is 2.10. The summed E-state index contributed by atoms with van der Waals surface area (Å²) in [5, 5.41) is 10.5. The molecule has 1 fully saturated rings. The summed E-state index contributed by atoms with van der Waals surface area (Å²) in [6.07, 6.45) is 8.55. The van der Waals surface area contributed by atoms with Crippen molar-refractivity contribution in [3.63, 3.8) is 0 Å². The molecule has 0 saturated carbocycles. The number of rotatable bonds is 1. The van der Waals surface area contributed by atoms with Crippen molar-refractivity contribution < 1.29 is 0 Å². The third kappa shape index (κ3) is 2.20. The zero-order chi connectivity index (χ0) is 8.93. The minimum atomic E-state index is 1.00. The Kier molecular flexibility index (Phi) is 2.79. The number of nitrogens with zero attached hydrogens (tertiary/aromatic N) is 3. The number of aromatic nitrogens is 3. The minimum absolute atomic E-state index is 1.00. The highest BCUT2D eigenvalue weighted by Crippen LogP contribution is 2.15. The summed E-state index contributed by atoms with van der Waals surface area (Å²) in [5.74, 6) is 1.00. The summed E-state index contributed by atoms with van der Waals surface area (Å²) in [5.41, 5.74) is 0. The van der Waals surface area contributed by atoms with Gasteiger partial charge in [0.25, 0.3) is 0 Å². The van der Waals surface area contributed by atoms with E-state index in [0.717, 1.165) is 18.9 Å². The van der Waals surface area contributed by atoms with Gasteiger partial charge in [-0.05, 0) is 12.8 Å². The van der Waals surface area contributed by atoms with Gasteiger partial charge in [0.2, 0.25) is 0 Å². The quantitative estimate of drug-likeness (QED) is 0.713. The number of aromatic amines is 1. The Balaban J connectivity index is 1.96. The van der Waals surface area contributed by atoms with Crippen LogP contribution in [0.3, 0.4) is 0 Å². The molecular formula is C9H16N4. The maximum atomic E-state index is 4.03. The second-order valence-electron chi connectivity index (χ2n) is 3.59. The van der Waals surface area contributed by atoms with E-state index >= 15 is 0 Å². The van der Waals surface area contributed by atoms with Gasteiger partial charge >= 0.3 is 0 Å². The van der Waals surface area contributed by atoms with E-state index in [4.69, 9.17) is 0 Å². The molecule has 72 valence electrons. The molecule has 13 heavy (non-hydrogen) atoms. The van der Waals surface area contributed by atoms with Crippen molar-refractivity contribution in [2.75, 3.05) is 18.0 Å². The summed E-state index contributed by atoms with van der Waals surface area (Å²) in [6.45, 7) is 2.26. The summed E-state index contributed by atoms with van der Waals surface area (Å²) < 4.78 is 0. The Morgan fingerprint density at radius 1 is 1.08 bits per heavy atom. The lowest BCUT2D eigenvalue weighted by Crippen LogP contribution is -2.27. The van der Waals surface area contributed by atoms with Crippen molar-refractivity contribution in [3.05, 3.63) is 6.20 Å². The Bertz CT molecular complexity index is 224. The number of anilines is 1. The van der Waals surface area contributed by atoms with Crippen LogP contribution in [-0.2, 0) is 0 Å². The van der Waals surface area contributed by atoms with Crippen molar-refractivity contribution in [3.8, 4) is 0 Å². The fraction of sp³-hybridized carbons (Fsp3) is 0.778.